The molecular weight excluding hydrogens is 250 g/mol. The van der Waals surface area contributed by atoms with Gasteiger partial charge in [-0.1, -0.05) is 22.0 Å². The Bertz CT molecular complexity index is 352. The van der Waals surface area contributed by atoms with Crippen molar-refractivity contribution in [3.63, 3.8) is 0 Å². The number of hydrogen-bond acceptors (Lipinski definition) is 3. The second-order valence-electron chi connectivity index (χ2n) is 3.08. The van der Waals surface area contributed by atoms with Crippen LogP contribution in [0.3, 0.4) is 0 Å². The molecule has 0 aromatic heterocycles. The number of nitro groups is 1. The highest BCUT2D eigenvalue weighted by Gasteiger charge is 2.15. The van der Waals surface area contributed by atoms with Gasteiger partial charge in [0.05, 0.1) is 11.0 Å². The molecule has 1 aromatic carbocycles. The minimum atomic E-state index is -0.574. The summed E-state index contributed by atoms with van der Waals surface area (Å²) in [4.78, 5) is 10.2. The van der Waals surface area contributed by atoms with Crippen molar-refractivity contribution in [2.24, 2.45) is 0 Å². The quantitative estimate of drug-likeness (QED) is 0.669. The van der Waals surface area contributed by atoms with Crippen molar-refractivity contribution in [1.29, 1.82) is 0 Å². The van der Waals surface area contributed by atoms with Gasteiger partial charge in [0.25, 0.3) is 5.69 Å². The van der Waals surface area contributed by atoms with E-state index in [4.69, 9.17) is 5.11 Å². The van der Waals surface area contributed by atoms with E-state index in [1.165, 1.54) is 6.07 Å². The molecule has 4 nitrogen and oxygen atoms in total. The molecule has 0 unspecified atom stereocenters. The summed E-state index contributed by atoms with van der Waals surface area (Å²) in [7, 11) is 0. The number of aliphatic hydroxyl groups is 1. The fourth-order valence-electron chi connectivity index (χ4n) is 1.20. The summed E-state index contributed by atoms with van der Waals surface area (Å²) in [6.45, 7) is 1.60. The average molecular weight is 260 g/mol. The molecule has 0 saturated heterocycles. The van der Waals surface area contributed by atoms with Gasteiger partial charge in [0, 0.05) is 22.5 Å². The van der Waals surface area contributed by atoms with Crippen LogP contribution in [0, 0.1) is 10.1 Å². The van der Waals surface area contributed by atoms with Crippen LogP contribution in [0.2, 0.25) is 0 Å². The molecule has 1 rings (SSSR count). The molecule has 76 valence electrons. The maximum absolute atomic E-state index is 10.7. The lowest BCUT2D eigenvalue weighted by Crippen LogP contribution is -2.06. The molecule has 0 radical (unpaired) electrons. The van der Waals surface area contributed by atoms with Crippen LogP contribution in [0.15, 0.2) is 22.7 Å². The van der Waals surface area contributed by atoms with E-state index in [9.17, 15) is 10.1 Å². The van der Waals surface area contributed by atoms with Crippen LogP contribution in [0.4, 0.5) is 5.69 Å². The SMILES string of the molecule is C[C@H](O)Cc1ccc(Br)cc1[N+](=O)[O-]. The van der Waals surface area contributed by atoms with Gasteiger partial charge in [-0.25, -0.2) is 0 Å². The van der Waals surface area contributed by atoms with Crippen LogP contribution in [0.25, 0.3) is 0 Å². The van der Waals surface area contributed by atoms with E-state index in [1.807, 2.05) is 0 Å². The van der Waals surface area contributed by atoms with Gasteiger partial charge in [-0.2, -0.15) is 0 Å². The maximum Gasteiger partial charge on any atom is 0.273 e. The normalized spacial score (nSPS) is 12.5. The Morgan fingerprint density at radius 2 is 2.29 bits per heavy atom. The van der Waals surface area contributed by atoms with E-state index >= 15 is 0 Å². The van der Waals surface area contributed by atoms with Crippen molar-refractivity contribution >= 4 is 21.6 Å². The summed E-state index contributed by atoms with van der Waals surface area (Å²) in [5.74, 6) is 0. The van der Waals surface area contributed by atoms with E-state index < -0.39 is 11.0 Å². The highest BCUT2D eigenvalue weighted by molar-refractivity contribution is 9.10. The zero-order valence-electron chi connectivity index (χ0n) is 7.61. The van der Waals surface area contributed by atoms with Gasteiger partial charge in [-0.15, -0.1) is 0 Å². The highest BCUT2D eigenvalue weighted by Crippen LogP contribution is 2.24. The topological polar surface area (TPSA) is 63.4 Å². The van der Waals surface area contributed by atoms with Gasteiger partial charge >= 0.3 is 0 Å². The first kappa shape index (κ1) is 11.1. The smallest absolute Gasteiger partial charge is 0.273 e. The molecule has 14 heavy (non-hydrogen) atoms. The summed E-state index contributed by atoms with van der Waals surface area (Å²) < 4.78 is 0.665. The Balaban J connectivity index is 3.08. The minimum absolute atomic E-state index is 0.0419. The number of aliphatic hydroxyl groups excluding tert-OH is 1. The van der Waals surface area contributed by atoms with Crippen LogP contribution < -0.4 is 0 Å². The third kappa shape index (κ3) is 2.78. The Labute approximate surface area is 89.8 Å². The molecule has 0 fully saturated rings. The van der Waals surface area contributed by atoms with Gasteiger partial charge in [-0.05, 0) is 13.0 Å². The van der Waals surface area contributed by atoms with Crippen molar-refractivity contribution in [3.05, 3.63) is 38.3 Å². The molecule has 0 aliphatic heterocycles. The number of benzene rings is 1. The molecule has 1 atom stereocenters. The summed E-state index contributed by atoms with van der Waals surface area (Å²) in [6.07, 6.45) is -0.279. The largest absolute Gasteiger partial charge is 0.393 e. The number of nitrogens with zero attached hydrogens (tertiary/aromatic N) is 1. The van der Waals surface area contributed by atoms with Crippen molar-refractivity contribution in [3.8, 4) is 0 Å². The minimum Gasteiger partial charge on any atom is -0.393 e. The standard InChI is InChI=1S/C9H10BrNO3/c1-6(12)4-7-2-3-8(10)5-9(7)11(13)14/h2-3,5-6,12H,4H2,1H3/t6-/m0/s1. The Morgan fingerprint density at radius 3 is 2.79 bits per heavy atom. The molecule has 0 aliphatic rings. The van der Waals surface area contributed by atoms with Crippen LogP contribution in [0.1, 0.15) is 12.5 Å². The van der Waals surface area contributed by atoms with E-state index in [0.717, 1.165) is 0 Å². The number of halogens is 1. The molecule has 0 saturated carbocycles. The van der Waals surface area contributed by atoms with Crippen LogP contribution >= 0.6 is 15.9 Å². The molecule has 0 aliphatic carbocycles. The lowest BCUT2D eigenvalue weighted by Gasteiger charge is -2.05. The molecule has 0 spiro atoms. The zero-order valence-corrected chi connectivity index (χ0v) is 9.19. The second kappa shape index (κ2) is 4.52. The summed E-state index contributed by atoms with van der Waals surface area (Å²) in [5.41, 5.74) is 0.591. The Hall–Kier alpha value is -0.940. The molecule has 0 bridgehead atoms. The van der Waals surface area contributed by atoms with Gasteiger partial charge in [-0.3, -0.25) is 10.1 Å². The van der Waals surface area contributed by atoms with Gasteiger partial charge in [0.1, 0.15) is 0 Å². The first-order valence-corrected chi connectivity index (χ1v) is 4.91. The lowest BCUT2D eigenvalue weighted by molar-refractivity contribution is -0.385. The first-order valence-electron chi connectivity index (χ1n) is 4.11. The van der Waals surface area contributed by atoms with E-state index in [0.29, 0.717) is 16.5 Å². The average Bonchev–Trinajstić information content (AvgIpc) is 2.07. The number of nitro benzene ring substituents is 1. The van der Waals surface area contributed by atoms with Crippen molar-refractivity contribution in [1.82, 2.24) is 0 Å². The second-order valence-corrected chi connectivity index (χ2v) is 4.00. The molecule has 5 heteroatoms. The fraction of sp³-hybridized carbons (Fsp3) is 0.333. The highest BCUT2D eigenvalue weighted by atomic mass is 79.9. The summed E-state index contributed by atoms with van der Waals surface area (Å²) >= 11 is 3.16. The van der Waals surface area contributed by atoms with E-state index in [-0.39, 0.29) is 5.69 Å². The van der Waals surface area contributed by atoms with E-state index in [2.05, 4.69) is 15.9 Å². The van der Waals surface area contributed by atoms with Gasteiger partial charge in [0.15, 0.2) is 0 Å². The van der Waals surface area contributed by atoms with E-state index in [1.54, 1.807) is 19.1 Å². The third-order valence-electron chi connectivity index (χ3n) is 1.76. The number of rotatable bonds is 3. The van der Waals surface area contributed by atoms with Crippen LogP contribution in [-0.4, -0.2) is 16.1 Å². The van der Waals surface area contributed by atoms with Crippen LogP contribution in [0.5, 0.6) is 0 Å². The predicted octanol–water partition coefficient (Wildman–Crippen LogP) is 2.28. The molecule has 0 amide bonds. The monoisotopic (exact) mass is 259 g/mol. The Morgan fingerprint density at radius 1 is 1.64 bits per heavy atom. The lowest BCUT2D eigenvalue weighted by atomic mass is 10.1. The zero-order chi connectivity index (χ0) is 10.7. The maximum atomic E-state index is 10.7. The summed E-state index contributed by atoms with van der Waals surface area (Å²) in [6, 6.07) is 4.82. The van der Waals surface area contributed by atoms with Gasteiger partial charge in [0.2, 0.25) is 0 Å². The third-order valence-corrected chi connectivity index (χ3v) is 2.25. The number of hydrogen-bond donors (Lipinski definition) is 1. The first-order chi connectivity index (χ1) is 6.50. The molecule has 0 heterocycles. The predicted molar refractivity (Wildman–Crippen MR) is 56.2 cm³/mol. The van der Waals surface area contributed by atoms with Crippen LogP contribution in [-0.2, 0) is 6.42 Å². The molecule has 1 aromatic rings. The van der Waals surface area contributed by atoms with Crippen molar-refractivity contribution < 1.29 is 10.0 Å². The van der Waals surface area contributed by atoms with Gasteiger partial charge < -0.3 is 5.11 Å². The fourth-order valence-corrected chi connectivity index (χ4v) is 1.55. The molecule has 1 N–H and O–H groups in total. The van der Waals surface area contributed by atoms with Crippen molar-refractivity contribution in [2.75, 3.05) is 0 Å². The summed E-state index contributed by atoms with van der Waals surface area (Å²) in [5, 5.41) is 19.8. The van der Waals surface area contributed by atoms with Crippen molar-refractivity contribution in [2.45, 2.75) is 19.4 Å². The molecular formula is C9H10BrNO3. The Kier molecular flexibility index (Phi) is 3.60.